The van der Waals surface area contributed by atoms with Crippen LogP contribution in [0.5, 0.6) is 0 Å². The molecule has 0 aliphatic carbocycles. The molecule has 0 saturated carbocycles. The van der Waals surface area contributed by atoms with Gasteiger partial charge in [0, 0.05) is 24.1 Å². The summed E-state index contributed by atoms with van der Waals surface area (Å²) in [5.74, 6) is -3.15. The molecular weight excluding hydrogens is 426 g/mol. The second-order valence-electron chi connectivity index (χ2n) is 7.05. The molecule has 174 valence electrons. The summed E-state index contributed by atoms with van der Waals surface area (Å²) in [5.41, 5.74) is 11.7. The quantitative estimate of drug-likeness (QED) is 0.114. The van der Waals surface area contributed by atoms with E-state index in [-0.39, 0.29) is 12.2 Å². The van der Waals surface area contributed by atoms with Gasteiger partial charge in [-0.05, 0) is 26.3 Å². The van der Waals surface area contributed by atoms with E-state index in [0.717, 1.165) is 6.42 Å². The zero-order valence-corrected chi connectivity index (χ0v) is 18.2. The Kier molecular flexibility index (Phi) is 11.6. The molecule has 3 amide bonds. The van der Waals surface area contributed by atoms with Crippen molar-refractivity contribution < 1.29 is 24.3 Å². The molecule has 0 fully saturated rings. The van der Waals surface area contributed by atoms with Gasteiger partial charge in [-0.25, -0.2) is 9.78 Å². The fourth-order valence-corrected chi connectivity index (χ4v) is 2.86. The summed E-state index contributed by atoms with van der Waals surface area (Å²) in [4.78, 5) is 55.0. The molecule has 0 saturated heterocycles. The lowest BCUT2D eigenvalue weighted by Gasteiger charge is -2.22. The van der Waals surface area contributed by atoms with Crippen molar-refractivity contribution in [3.8, 4) is 0 Å². The van der Waals surface area contributed by atoms with E-state index in [1.165, 1.54) is 19.4 Å². The van der Waals surface area contributed by atoms with Crippen LogP contribution in [0.25, 0.3) is 0 Å². The van der Waals surface area contributed by atoms with Crippen LogP contribution in [0.1, 0.15) is 31.9 Å². The number of nitrogens with zero attached hydrogens (tertiary/aromatic N) is 1. The third-order valence-electron chi connectivity index (χ3n) is 4.47. The summed E-state index contributed by atoms with van der Waals surface area (Å²) in [7, 11) is 0. The van der Waals surface area contributed by atoms with Crippen LogP contribution < -0.4 is 27.4 Å². The first-order valence-corrected chi connectivity index (χ1v) is 10.5. The van der Waals surface area contributed by atoms with Crippen LogP contribution in [-0.4, -0.2) is 75.2 Å². The van der Waals surface area contributed by atoms with Gasteiger partial charge < -0.3 is 37.5 Å². The number of aromatic amines is 1. The van der Waals surface area contributed by atoms with E-state index in [0.29, 0.717) is 25.1 Å². The predicted octanol–water partition coefficient (Wildman–Crippen LogP) is -2.10. The summed E-state index contributed by atoms with van der Waals surface area (Å²) in [6, 6.07) is -4.05. The number of nitrogens with two attached hydrogens (primary N) is 2. The molecule has 9 N–H and O–H groups in total. The van der Waals surface area contributed by atoms with Gasteiger partial charge in [-0.3, -0.25) is 14.4 Å². The minimum Gasteiger partial charge on any atom is -0.480 e. The molecule has 0 bridgehead atoms. The van der Waals surface area contributed by atoms with E-state index in [1.807, 2.05) is 0 Å². The Morgan fingerprint density at radius 3 is 2.35 bits per heavy atom. The van der Waals surface area contributed by atoms with Crippen molar-refractivity contribution in [3.05, 3.63) is 18.2 Å². The number of amides is 3. The van der Waals surface area contributed by atoms with Gasteiger partial charge in [0.2, 0.25) is 17.7 Å². The highest BCUT2D eigenvalue weighted by atomic mass is 32.1. The molecule has 0 aromatic carbocycles. The lowest BCUT2D eigenvalue weighted by molar-refractivity contribution is -0.142. The first-order valence-electron chi connectivity index (χ1n) is 9.87. The number of rotatable bonds is 14. The number of unbranched alkanes of at least 4 members (excludes halogenated alkanes) is 1. The first-order chi connectivity index (χ1) is 14.7. The summed E-state index contributed by atoms with van der Waals surface area (Å²) < 4.78 is 0. The standard InChI is InChI=1S/C18H31N7O5S/c1-10(23-16(27)12(20)4-2-3-5-19)15(26)25-14(8-31)17(28)24-13(18(29)30)6-11-7-21-9-22-11/h7,9-10,12-14,31H,2-6,8,19-20H2,1H3,(H,21,22)(H,23,27)(H,24,28)(H,25,26)(H,29,30). The first kappa shape index (κ1) is 26.4. The second kappa shape index (κ2) is 13.6. The van der Waals surface area contributed by atoms with E-state index in [4.69, 9.17) is 11.5 Å². The Morgan fingerprint density at radius 1 is 1.13 bits per heavy atom. The van der Waals surface area contributed by atoms with E-state index in [2.05, 4.69) is 38.5 Å². The Morgan fingerprint density at radius 2 is 1.81 bits per heavy atom. The number of carboxylic acid groups (broad SMARTS) is 1. The fraction of sp³-hybridized carbons (Fsp3) is 0.611. The Labute approximate surface area is 185 Å². The number of hydrogen-bond donors (Lipinski definition) is 8. The zero-order valence-electron chi connectivity index (χ0n) is 17.3. The number of carbonyl (C=O) groups excluding carboxylic acids is 3. The maximum absolute atomic E-state index is 12.5. The van der Waals surface area contributed by atoms with Crippen LogP contribution in [-0.2, 0) is 25.6 Å². The highest BCUT2D eigenvalue weighted by molar-refractivity contribution is 7.80. The number of H-pyrrole nitrogens is 1. The number of aliphatic carboxylic acids is 1. The van der Waals surface area contributed by atoms with Gasteiger partial charge in [0.1, 0.15) is 18.1 Å². The Hall–Kier alpha value is -2.64. The summed E-state index contributed by atoms with van der Waals surface area (Å²) >= 11 is 4.05. The lowest BCUT2D eigenvalue weighted by Crippen LogP contribution is -2.57. The molecular formula is C18H31N7O5S. The Bertz CT molecular complexity index is 731. The maximum atomic E-state index is 12.5. The topological polar surface area (TPSA) is 205 Å². The third-order valence-corrected chi connectivity index (χ3v) is 4.83. The van der Waals surface area contributed by atoms with Crippen molar-refractivity contribution in [2.75, 3.05) is 12.3 Å². The van der Waals surface area contributed by atoms with E-state index in [9.17, 15) is 24.3 Å². The molecule has 4 unspecified atom stereocenters. The van der Waals surface area contributed by atoms with Gasteiger partial charge >= 0.3 is 5.97 Å². The maximum Gasteiger partial charge on any atom is 0.326 e. The molecule has 0 spiro atoms. The summed E-state index contributed by atoms with van der Waals surface area (Å²) in [6.07, 6.45) is 4.71. The van der Waals surface area contributed by atoms with E-state index >= 15 is 0 Å². The minimum absolute atomic E-state index is 0.0111. The molecule has 1 heterocycles. The van der Waals surface area contributed by atoms with Crippen LogP contribution >= 0.6 is 12.6 Å². The number of thiol groups is 1. The summed E-state index contributed by atoms with van der Waals surface area (Å²) in [6.45, 7) is 1.95. The van der Waals surface area contributed by atoms with Crippen LogP contribution in [0, 0.1) is 0 Å². The molecule has 0 radical (unpaired) electrons. The molecule has 31 heavy (non-hydrogen) atoms. The SMILES string of the molecule is CC(NC(=O)C(N)CCCCN)C(=O)NC(CS)C(=O)NC(Cc1cnc[nH]1)C(=O)O. The van der Waals surface area contributed by atoms with Gasteiger partial charge in [0.05, 0.1) is 12.4 Å². The number of imidazole rings is 1. The van der Waals surface area contributed by atoms with Gasteiger partial charge in [0.15, 0.2) is 0 Å². The largest absolute Gasteiger partial charge is 0.480 e. The number of carbonyl (C=O) groups is 4. The lowest BCUT2D eigenvalue weighted by atomic mass is 10.1. The highest BCUT2D eigenvalue weighted by Crippen LogP contribution is 2.02. The van der Waals surface area contributed by atoms with Crippen LogP contribution in [0.15, 0.2) is 12.5 Å². The van der Waals surface area contributed by atoms with Gasteiger partial charge in [-0.15, -0.1) is 0 Å². The molecule has 4 atom stereocenters. The van der Waals surface area contributed by atoms with Crippen LogP contribution in [0.3, 0.4) is 0 Å². The van der Waals surface area contributed by atoms with Crippen molar-refractivity contribution >= 4 is 36.3 Å². The summed E-state index contributed by atoms with van der Waals surface area (Å²) in [5, 5.41) is 16.7. The number of carboxylic acids is 1. The third kappa shape index (κ3) is 9.36. The number of nitrogens with one attached hydrogen (secondary N) is 4. The predicted molar refractivity (Wildman–Crippen MR) is 116 cm³/mol. The zero-order chi connectivity index (χ0) is 23.4. The second-order valence-corrected chi connectivity index (χ2v) is 7.41. The molecule has 1 rings (SSSR count). The van der Waals surface area contributed by atoms with Crippen molar-refractivity contribution in [2.45, 2.75) is 56.8 Å². The normalized spacial score (nSPS) is 14.7. The average Bonchev–Trinajstić information content (AvgIpc) is 3.24. The minimum atomic E-state index is -1.24. The molecule has 1 aromatic rings. The molecule has 0 aliphatic rings. The average molecular weight is 458 g/mol. The van der Waals surface area contributed by atoms with Crippen LogP contribution in [0.2, 0.25) is 0 Å². The molecule has 12 nitrogen and oxygen atoms in total. The number of hydrogen-bond acceptors (Lipinski definition) is 8. The highest BCUT2D eigenvalue weighted by Gasteiger charge is 2.28. The van der Waals surface area contributed by atoms with Gasteiger partial charge in [-0.1, -0.05) is 6.42 Å². The van der Waals surface area contributed by atoms with E-state index in [1.54, 1.807) is 0 Å². The van der Waals surface area contributed by atoms with Crippen molar-refractivity contribution in [1.29, 1.82) is 0 Å². The van der Waals surface area contributed by atoms with E-state index < -0.39 is 47.9 Å². The molecule has 1 aromatic heterocycles. The van der Waals surface area contributed by atoms with Gasteiger partial charge in [-0.2, -0.15) is 12.6 Å². The van der Waals surface area contributed by atoms with Gasteiger partial charge in [0.25, 0.3) is 0 Å². The smallest absolute Gasteiger partial charge is 0.326 e. The molecule has 0 aliphatic heterocycles. The van der Waals surface area contributed by atoms with Crippen molar-refractivity contribution in [1.82, 2.24) is 25.9 Å². The van der Waals surface area contributed by atoms with Crippen molar-refractivity contribution in [2.24, 2.45) is 11.5 Å². The fourth-order valence-electron chi connectivity index (χ4n) is 2.61. The number of aromatic nitrogens is 2. The van der Waals surface area contributed by atoms with Crippen LogP contribution in [0.4, 0.5) is 0 Å². The Balaban J connectivity index is 2.60. The molecule has 13 heteroatoms. The monoisotopic (exact) mass is 457 g/mol. The van der Waals surface area contributed by atoms with Crippen molar-refractivity contribution in [3.63, 3.8) is 0 Å².